The van der Waals surface area contributed by atoms with E-state index in [1.54, 1.807) is 0 Å². The molecule has 11 heteroatoms. The van der Waals surface area contributed by atoms with E-state index in [0.29, 0.717) is 0 Å². The van der Waals surface area contributed by atoms with Gasteiger partial charge in [-0.25, -0.2) is 0 Å². The van der Waals surface area contributed by atoms with Gasteiger partial charge in [0.15, 0.2) is 17.8 Å². The molecule has 31 heavy (non-hydrogen) atoms. The molecular weight excluding hydrogens is 414 g/mol. The third-order valence-corrected chi connectivity index (χ3v) is 5.02. The number of hydrogen-bond acceptors (Lipinski definition) is 11. The third kappa shape index (κ3) is 5.51. The van der Waals surface area contributed by atoms with Crippen molar-refractivity contribution < 1.29 is 38.0 Å². The molecule has 4 N–H and O–H groups in total. The van der Waals surface area contributed by atoms with Crippen molar-refractivity contribution in [1.82, 2.24) is 0 Å². The zero-order valence-corrected chi connectivity index (χ0v) is 17.1. The molecule has 0 saturated carbocycles. The fourth-order valence-electron chi connectivity index (χ4n) is 3.26. The van der Waals surface area contributed by atoms with Gasteiger partial charge in [0, 0.05) is 25.2 Å². The molecule has 1 saturated heterocycles. The molecule has 0 bridgehead atoms. The summed E-state index contributed by atoms with van der Waals surface area (Å²) in [5.41, 5.74) is 5.10. The summed E-state index contributed by atoms with van der Waals surface area (Å²) in [6, 6.07) is 1.67. The van der Waals surface area contributed by atoms with E-state index in [1.807, 2.05) is 6.92 Å². The van der Waals surface area contributed by atoms with E-state index in [9.17, 15) is 19.8 Å². The van der Waals surface area contributed by atoms with Gasteiger partial charge < -0.3 is 43.7 Å². The van der Waals surface area contributed by atoms with E-state index in [-0.39, 0.29) is 37.3 Å². The second kappa shape index (κ2) is 10.1. The van der Waals surface area contributed by atoms with Crippen molar-refractivity contribution >= 4 is 0 Å². The minimum atomic E-state index is -0.756. The van der Waals surface area contributed by atoms with Crippen molar-refractivity contribution in [3.63, 3.8) is 0 Å². The average Bonchev–Trinajstić information content (AvgIpc) is 2.74. The molecule has 1 aliphatic heterocycles. The molecule has 0 unspecified atom stereocenters. The number of hydrogen-bond donors (Lipinski definition) is 3. The first kappa shape index (κ1) is 23.0. The molecule has 11 nitrogen and oxygen atoms in total. The van der Waals surface area contributed by atoms with Crippen LogP contribution in [0.15, 0.2) is 43.1 Å². The average molecular weight is 439 g/mol. The lowest BCUT2D eigenvalue weighted by Gasteiger charge is -2.43. The molecule has 1 aliphatic rings. The maximum absolute atomic E-state index is 11.6. The lowest BCUT2D eigenvalue weighted by Crippen LogP contribution is -2.59. The summed E-state index contributed by atoms with van der Waals surface area (Å²) >= 11 is 0. The van der Waals surface area contributed by atoms with Gasteiger partial charge in [-0.05, 0) is 0 Å². The smallest absolute Gasteiger partial charge is 0.226 e. The van der Waals surface area contributed by atoms with Crippen molar-refractivity contribution in [1.29, 1.82) is 0 Å². The van der Waals surface area contributed by atoms with Crippen LogP contribution in [-0.4, -0.2) is 48.5 Å². The molecule has 3 heterocycles. The van der Waals surface area contributed by atoms with E-state index < -0.39 is 46.9 Å². The van der Waals surface area contributed by atoms with Gasteiger partial charge in [-0.2, -0.15) is 0 Å². The summed E-state index contributed by atoms with van der Waals surface area (Å²) < 4.78 is 33.0. The van der Waals surface area contributed by atoms with Gasteiger partial charge in [0.25, 0.3) is 0 Å². The highest BCUT2D eigenvalue weighted by molar-refractivity contribution is 5.15. The highest BCUT2D eigenvalue weighted by atomic mass is 16.7. The molecule has 0 aliphatic carbocycles. The van der Waals surface area contributed by atoms with E-state index in [0.717, 1.165) is 24.7 Å². The Morgan fingerprint density at radius 1 is 1.03 bits per heavy atom. The van der Waals surface area contributed by atoms with Gasteiger partial charge in [-0.1, -0.05) is 6.92 Å². The Morgan fingerprint density at radius 2 is 1.61 bits per heavy atom. The minimum absolute atomic E-state index is 0.00398. The fraction of sp³-hybridized carbons (Fsp3) is 0.500. The first-order valence-corrected chi connectivity index (χ1v) is 9.54. The second-order valence-corrected chi connectivity index (χ2v) is 7.20. The van der Waals surface area contributed by atoms with E-state index >= 15 is 0 Å². The van der Waals surface area contributed by atoms with Crippen LogP contribution in [0.25, 0.3) is 0 Å². The Hall–Kier alpha value is -2.70. The first-order valence-electron chi connectivity index (χ1n) is 9.54. The quantitative estimate of drug-likeness (QED) is 0.523. The Balaban J connectivity index is 1.62. The summed E-state index contributed by atoms with van der Waals surface area (Å²) in [5, 5.41) is 18.5. The van der Waals surface area contributed by atoms with Gasteiger partial charge in [-0.3, -0.25) is 9.59 Å². The van der Waals surface area contributed by atoms with Crippen molar-refractivity contribution in [2.45, 2.75) is 44.7 Å². The fourth-order valence-corrected chi connectivity index (χ4v) is 3.26. The van der Waals surface area contributed by atoms with Crippen LogP contribution in [0, 0.1) is 5.92 Å². The van der Waals surface area contributed by atoms with Gasteiger partial charge in [-0.15, -0.1) is 0 Å². The van der Waals surface area contributed by atoms with Crippen LogP contribution in [0.5, 0.6) is 11.5 Å². The standard InChI is InChI=1S/C20H25NO10/c1-10-17(9-27-5-11-3-13(22)15(24)7-28-11)31-20(26-2)18(21)19(10)30-6-12-4-14(23)16(25)8-29-12/h3-4,7-8,10,17-20,24-25H,5-6,9,21H2,1-2H3/t10-,17-,18-,19+,20-/m1/s1. The highest BCUT2D eigenvalue weighted by Gasteiger charge is 2.43. The summed E-state index contributed by atoms with van der Waals surface area (Å²) in [5.74, 6) is -0.702. The van der Waals surface area contributed by atoms with Crippen LogP contribution in [0.4, 0.5) is 0 Å². The maximum Gasteiger partial charge on any atom is 0.226 e. The van der Waals surface area contributed by atoms with Gasteiger partial charge in [0.1, 0.15) is 37.3 Å². The number of ether oxygens (including phenoxy) is 4. The molecular formula is C20H25NO10. The van der Waals surface area contributed by atoms with Crippen LogP contribution in [0.1, 0.15) is 18.4 Å². The number of methoxy groups -OCH3 is 1. The monoisotopic (exact) mass is 439 g/mol. The molecule has 0 aromatic carbocycles. The summed E-state index contributed by atoms with van der Waals surface area (Å²) in [4.78, 5) is 23.0. The van der Waals surface area contributed by atoms with E-state index in [4.69, 9.17) is 33.5 Å². The zero-order chi connectivity index (χ0) is 22.5. The first-order chi connectivity index (χ1) is 14.8. The van der Waals surface area contributed by atoms with Crippen LogP contribution in [-0.2, 0) is 32.2 Å². The molecule has 170 valence electrons. The molecule has 1 fully saturated rings. The molecule has 0 radical (unpaired) electrons. The Bertz CT molecular complexity index is 986. The molecule has 0 amide bonds. The van der Waals surface area contributed by atoms with E-state index in [2.05, 4.69) is 0 Å². The van der Waals surface area contributed by atoms with Crippen molar-refractivity contribution in [3.05, 3.63) is 56.6 Å². The van der Waals surface area contributed by atoms with Gasteiger partial charge in [0.05, 0.1) is 24.9 Å². The highest BCUT2D eigenvalue weighted by Crippen LogP contribution is 2.29. The summed E-state index contributed by atoms with van der Waals surface area (Å²) in [6.45, 7) is 1.96. The Morgan fingerprint density at radius 3 is 2.16 bits per heavy atom. The lowest BCUT2D eigenvalue weighted by atomic mass is 9.89. The van der Waals surface area contributed by atoms with Crippen molar-refractivity contribution in [3.8, 4) is 11.5 Å². The van der Waals surface area contributed by atoms with Gasteiger partial charge >= 0.3 is 0 Å². The van der Waals surface area contributed by atoms with E-state index in [1.165, 1.54) is 7.11 Å². The van der Waals surface area contributed by atoms with Crippen LogP contribution >= 0.6 is 0 Å². The lowest BCUT2D eigenvalue weighted by molar-refractivity contribution is -0.253. The SMILES string of the molecule is CO[C@@H]1O[C@H](COCc2cc(=O)c(O)co2)[C@@H](C)[C@H](OCc2cc(=O)c(O)co2)[C@H]1N. The Labute approximate surface area is 176 Å². The van der Waals surface area contributed by atoms with Crippen LogP contribution in [0.3, 0.4) is 0 Å². The molecule has 2 aromatic rings. The normalized spacial score (nSPS) is 26.1. The van der Waals surface area contributed by atoms with Crippen molar-refractivity contribution in [2.75, 3.05) is 13.7 Å². The number of rotatable bonds is 8. The van der Waals surface area contributed by atoms with Crippen LogP contribution < -0.4 is 16.6 Å². The van der Waals surface area contributed by atoms with Gasteiger partial charge in [0.2, 0.25) is 10.9 Å². The number of aromatic hydroxyl groups is 2. The summed E-state index contributed by atoms with van der Waals surface area (Å²) in [6.07, 6.45) is 0.174. The number of nitrogens with two attached hydrogens (primary N) is 1. The second-order valence-electron chi connectivity index (χ2n) is 7.20. The minimum Gasteiger partial charge on any atom is -0.502 e. The topological polar surface area (TPSA) is 164 Å². The molecule has 5 atom stereocenters. The molecule has 0 spiro atoms. The Kier molecular flexibility index (Phi) is 7.46. The summed E-state index contributed by atoms with van der Waals surface area (Å²) in [7, 11) is 1.46. The van der Waals surface area contributed by atoms with Crippen LogP contribution in [0.2, 0.25) is 0 Å². The van der Waals surface area contributed by atoms with Crippen molar-refractivity contribution in [2.24, 2.45) is 11.7 Å². The largest absolute Gasteiger partial charge is 0.502 e. The predicted molar refractivity (Wildman–Crippen MR) is 104 cm³/mol. The molecule has 2 aromatic heterocycles. The zero-order valence-electron chi connectivity index (χ0n) is 17.1. The third-order valence-electron chi connectivity index (χ3n) is 5.02. The maximum atomic E-state index is 11.6. The predicted octanol–water partition coefficient (Wildman–Crippen LogP) is 0.441. The molecule has 3 rings (SSSR count).